The summed E-state index contributed by atoms with van der Waals surface area (Å²) in [6, 6.07) is 3.95. The lowest BCUT2D eigenvalue weighted by Gasteiger charge is -2.29. The second-order valence-electron chi connectivity index (χ2n) is 4.99. The van der Waals surface area contributed by atoms with Crippen molar-refractivity contribution in [2.45, 2.75) is 45.7 Å². The lowest BCUT2D eigenvalue weighted by Crippen LogP contribution is -2.48. The number of likely N-dealkylation sites (N-methyl/N-ethyl adjacent to an activating group) is 1. The average molecular weight is 268 g/mol. The Labute approximate surface area is 114 Å². The van der Waals surface area contributed by atoms with Gasteiger partial charge in [0.15, 0.2) is 0 Å². The minimum Gasteiger partial charge on any atom is -0.341 e. The predicted molar refractivity (Wildman–Crippen MR) is 77.7 cm³/mol. The van der Waals surface area contributed by atoms with Gasteiger partial charge in [-0.2, -0.15) is 0 Å². The summed E-state index contributed by atoms with van der Waals surface area (Å²) in [4.78, 5) is 15.3. The fraction of sp³-hybridized carbons (Fsp3) is 0.643. The summed E-state index contributed by atoms with van der Waals surface area (Å²) in [6.07, 6.45) is 1.83. The van der Waals surface area contributed by atoms with E-state index in [9.17, 15) is 4.79 Å². The van der Waals surface area contributed by atoms with E-state index in [1.807, 2.05) is 20.0 Å². The number of thiophene rings is 1. The molecule has 0 fully saturated rings. The molecule has 1 rings (SSSR count). The molecule has 0 saturated carbocycles. The Balaban J connectivity index is 2.57. The van der Waals surface area contributed by atoms with E-state index in [0.29, 0.717) is 0 Å². The minimum atomic E-state index is -0.384. The Morgan fingerprint density at radius 2 is 2.17 bits per heavy atom. The van der Waals surface area contributed by atoms with Crippen molar-refractivity contribution in [1.29, 1.82) is 0 Å². The molecule has 1 aromatic heterocycles. The summed E-state index contributed by atoms with van der Waals surface area (Å²) in [6.45, 7) is 6.16. The first-order valence-electron chi connectivity index (χ1n) is 6.52. The molecule has 102 valence electrons. The van der Waals surface area contributed by atoms with E-state index < -0.39 is 0 Å². The van der Waals surface area contributed by atoms with Crippen LogP contribution in [-0.2, 0) is 11.2 Å². The minimum absolute atomic E-state index is 0.0495. The Bertz CT molecular complexity index is 364. The molecule has 0 aromatic carbocycles. The molecule has 0 saturated heterocycles. The van der Waals surface area contributed by atoms with Crippen molar-refractivity contribution in [3.05, 3.63) is 22.4 Å². The van der Waals surface area contributed by atoms with Crippen LogP contribution in [0, 0.1) is 5.92 Å². The maximum Gasteiger partial charge on any atom is 0.239 e. The van der Waals surface area contributed by atoms with Crippen LogP contribution in [0.2, 0.25) is 0 Å². The van der Waals surface area contributed by atoms with Crippen molar-refractivity contribution in [3.63, 3.8) is 0 Å². The Kier molecular flexibility index (Phi) is 5.82. The fourth-order valence-electron chi connectivity index (χ4n) is 1.81. The highest BCUT2D eigenvalue weighted by Crippen LogP contribution is 2.15. The molecule has 1 amide bonds. The molecular weight excluding hydrogens is 244 g/mol. The molecule has 2 N–H and O–H groups in total. The number of carbonyl (C=O) groups excluding carboxylic acids is 1. The van der Waals surface area contributed by atoms with Gasteiger partial charge < -0.3 is 10.6 Å². The quantitative estimate of drug-likeness (QED) is 0.861. The van der Waals surface area contributed by atoms with Gasteiger partial charge in [0.1, 0.15) is 0 Å². The molecule has 18 heavy (non-hydrogen) atoms. The zero-order valence-corrected chi connectivity index (χ0v) is 12.5. The van der Waals surface area contributed by atoms with Crippen LogP contribution in [0.1, 0.15) is 32.1 Å². The van der Waals surface area contributed by atoms with Gasteiger partial charge in [-0.3, -0.25) is 4.79 Å². The van der Waals surface area contributed by atoms with Crippen LogP contribution in [0.5, 0.6) is 0 Å². The smallest absolute Gasteiger partial charge is 0.239 e. The van der Waals surface area contributed by atoms with E-state index in [-0.39, 0.29) is 23.9 Å². The number of nitrogens with two attached hydrogens (primary N) is 1. The zero-order chi connectivity index (χ0) is 13.7. The van der Waals surface area contributed by atoms with Gasteiger partial charge in [-0.15, -0.1) is 11.3 Å². The molecule has 0 bridgehead atoms. The standard InChI is InChI=1S/C14H24N2OS/c1-5-10(2)13(15)14(17)16(4)11(3)9-12-7-6-8-18-12/h6-8,10-11,13H,5,9,15H2,1-4H3/t10-,11?,13-/m0/s1. The largest absolute Gasteiger partial charge is 0.341 e. The Hall–Kier alpha value is -0.870. The van der Waals surface area contributed by atoms with Gasteiger partial charge in [-0.25, -0.2) is 0 Å². The molecule has 3 atom stereocenters. The molecule has 3 nitrogen and oxygen atoms in total. The first-order chi connectivity index (χ1) is 8.47. The number of rotatable bonds is 6. The van der Waals surface area contributed by atoms with Gasteiger partial charge in [0.25, 0.3) is 0 Å². The lowest BCUT2D eigenvalue weighted by atomic mass is 9.98. The first kappa shape index (κ1) is 15.2. The molecule has 0 spiro atoms. The molecule has 4 heteroatoms. The van der Waals surface area contributed by atoms with E-state index in [0.717, 1.165) is 12.8 Å². The van der Waals surface area contributed by atoms with Crippen molar-refractivity contribution in [2.75, 3.05) is 7.05 Å². The third kappa shape index (κ3) is 3.82. The van der Waals surface area contributed by atoms with Crippen LogP contribution in [-0.4, -0.2) is 29.9 Å². The van der Waals surface area contributed by atoms with E-state index >= 15 is 0 Å². The number of hydrogen-bond donors (Lipinski definition) is 1. The summed E-state index contributed by atoms with van der Waals surface area (Å²) in [5.41, 5.74) is 5.99. The highest BCUT2D eigenvalue weighted by Gasteiger charge is 2.25. The van der Waals surface area contributed by atoms with Crippen LogP contribution >= 0.6 is 11.3 Å². The number of nitrogens with zero attached hydrogens (tertiary/aromatic N) is 1. The fourth-order valence-corrected chi connectivity index (χ4v) is 2.63. The van der Waals surface area contributed by atoms with Gasteiger partial charge in [0, 0.05) is 24.4 Å². The van der Waals surface area contributed by atoms with Crippen LogP contribution in [0.15, 0.2) is 17.5 Å². The van der Waals surface area contributed by atoms with Crippen molar-refractivity contribution >= 4 is 17.2 Å². The molecule has 0 aliphatic carbocycles. The summed E-state index contributed by atoms with van der Waals surface area (Å²) < 4.78 is 0. The first-order valence-corrected chi connectivity index (χ1v) is 7.40. The highest BCUT2D eigenvalue weighted by molar-refractivity contribution is 7.09. The van der Waals surface area contributed by atoms with Crippen LogP contribution in [0.4, 0.5) is 0 Å². The summed E-state index contributed by atoms with van der Waals surface area (Å²) in [5.74, 6) is 0.280. The topological polar surface area (TPSA) is 46.3 Å². The van der Waals surface area contributed by atoms with E-state index in [1.54, 1.807) is 16.2 Å². The van der Waals surface area contributed by atoms with E-state index in [2.05, 4.69) is 25.3 Å². The monoisotopic (exact) mass is 268 g/mol. The number of amides is 1. The van der Waals surface area contributed by atoms with Gasteiger partial charge in [-0.05, 0) is 24.3 Å². The molecule has 1 aromatic rings. The van der Waals surface area contributed by atoms with Gasteiger partial charge in [-0.1, -0.05) is 26.3 Å². The van der Waals surface area contributed by atoms with Crippen molar-refractivity contribution < 1.29 is 4.79 Å². The average Bonchev–Trinajstić information content (AvgIpc) is 2.87. The second-order valence-corrected chi connectivity index (χ2v) is 6.03. The Morgan fingerprint density at radius 3 is 2.67 bits per heavy atom. The summed E-state index contributed by atoms with van der Waals surface area (Å²) in [7, 11) is 1.85. The molecule has 0 aliphatic heterocycles. The van der Waals surface area contributed by atoms with E-state index in [4.69, 9.17) is 5.73 Å². The molecule has 0 radical (unpaired) electrons. The van der Waals surface area contributed by atoms with Crippen molar-refractivity contribution in [2.24, 2.45) is 11.7 Å². The maximum atomic E-state index is 12.2. The van der Waals surface area contributed by atoms with Gasteiger partial charge in [0.2, 0.25) is 5.91 Å². The van der Waals surface area contributed by atoms with E-state index in [1.165, 1.54) is 4.88 Å². The van der Waals surface area contributed by atoms with Crippen LogP contribution in [0.3, 0.4) is 0 Å². The van der Waals surface area contributed by atoms with Crippen molar-refractivity contribution in [1.82, 2.24) is 4.90 Å². The number of carbonyl (C=O) groups is 1. The summed E-state index contributed by atoms with van der Waals surface area (Å²) >= 11 is 1.73. The second kappa shape index (κ2) is 6.90. The molecule has 0 aliphatic rings. The van der Waals surface area contributed by atoms with Crippen LogP contribution in [0.25, 0.3) is 0 Å². The normalized spacial score (nSPS) is 16.1. The van der Waals surface area contributed by atoms with Crippen molar-refractivity contribution in [3.8, 4) is 0 Å². The molecule has 1 unspecified atom stereocenters. The van der Waals surface area contributed by atoms with Gasteiger partial charge in [0.05, 0.1) is 6.04 Å². The molecular formula is C14H24N2OS. The highest BCUT2D eigenvalue weighted by atomic mass is 32.1. The van der Waals surface area contributed by atoms with Crippen LogP contribution < -0.4 is 5.73 Å². The summed E-state index contributed by atoms with van der Waals surface area (Å²) in [5, 5.41) is 2.06. The predicted octanol–water partition coefficient (Wildman–Crippen LogP) is 2.51. The molecule has 1 heterocycles. The maximum absolute atomic E-state index is 12.2. The number of hydrogen-bond acceptors (Lipinski definition) is 3. The SMILES string of the molecule is CC[C@H](C)[C@H](N)C(=O)N(C)C(C)Cc1cccs1. The lowest BCUT2D eigenvalue weighted by molar-refractivity contribution is -0.134. The van der Waals surface area contributed by atoms with Gasteiger partial charge >= 0.3 is 0 Å². The third-order valence-electron chi connectivity index (χ3n) is 3.63. The zero-order valence-electron chi connectivity index (χ0n) is 11.7. The Morgan fingerprint density at radius 1 is 1.50 bits per heavy atom. The third-order valence-corrected chi connectivity index (χ3v) is 4.53.